The summed E-state index contributed by atoms with van der Waals surface area (Å²) in [7, 11) is 3.00. The number of carbonyl (C=O) groups is 6. The molecule has 3 fully saturated rings. The van der Waals surface area contributed by atoms with Crippen LogP contribution in [0.1, 0.15) is 110 Å². The zero-order valence-electron chi connectivity index (χ0n) is 39.8. The summed E-state index contributed by atoms with van der Waals surface area (Å²) in [5.74, 6) is -6.92. The van der Waals surface area contributed by atoms with Crippen molar-refractivity contribution in [3.05, 3.63) is 82.9 Å². The second-order valence-electron chi connectivity index (χ2n) is 20.0. The Balaban J connectivity index is 1.56. The molecule has 2 aromatic rings. The zero-order chi connectivity index (χ0) is 48.7. The van der Waals surface area contributed by atoms with E-state index in [0.717, 1.165) is 0 Å². The van der Waals surface area contributed by atoms with Gasteiger partial charge in [-0.25, -0.2) is 14.4 Å². The molecular formula is C50H66N2O14. The van der Waals surface area contributed by atoms with Gasteiger partial charge in [0, 0.05) is 31.8 Å². The van der Waals surface area contributed by atoms with Crippen molar-refractivity contribution in [3.8, 4) is 0 Å². The zero-order valence-corrected chi connectivity index (χ0v) is 39.8. The molecule has 4 aliphatic carbocycles. The Morgan fingerprint density at radius 1 is 0.939 bits per heavy atom. The SMILES string of the molecule is CNC(C)C(=O)O[C@@H](C(=O)O[C@H]1C[C@@]2(O)[C@@H](OC(=O)c3ccccc3)[C@@H]3[C@]4(OC(C)=O)CC[C@@H]4C[C@H](OC)[C@@]3(C)C(=O)[C@H](CO)C(=C1C)C2(C)C)[C@@H](NC(=O)OC(C)(C)C)c1ccccc1. The molecule has 12 atom stereocenters. The molecule has 0 aromatic heterocycles. The Morgan fingerprint density at radius 3 is 2.09 bits per heavy atom. The van der Waals surface area contributed by atoms with Gasteiger partial charge in [-0.05, 0) is 96.7 Å². The van der Waals surface area contributed by atoms with Gasteiger partial charge >= 0.3 is 30.0 Å². The van der Waals surface area contributed by atoms with Crippen molar-refractivity contribution in [3.63, 3.8) is 0 Å². The lowest BCUT2D eigenvalue weighted by Gasteiger charge is -2.68. The quantitative estimate of drug-likeness (QED) is 0.113. The summed E-state index contributed by atoms with van der Waals surface area (Å²) in [6, 6.07) is 14.2. The number of ketones is 1. The maximum Gasteiger partial charge on any atom is 0.408 e. The van der Waals surface area contributed by atoms with Crippen LogP contribution in [0.15, 0.2) is 71.8 Å². The number of methoxy groups -OCH3 is 1. The van der Waals surface area contributed by atoms with Crippen molar-refractivity contribution in [2.24, 2.45) is 28.6 Å². The molecule has 0 saturated heterocycles. The maximum absolute atomic E-state index is 15.7. The number of esters is 4. The third-order valence-corrected chi connectivity index (χ3v) is 14.7. The normalized spacial score (nSPS) is 31.4. The lowest BCUT2D eigenvalue weighted by Crippen LogP contribution is -2.78. The van der Waals surface area contributed by atoms with Crippen LogP contribution in [0.5, 0.6) is 0 Å². The molecule has 1 amide bonds. The van der Waals surface area contributed by atoms with Crippen molar-refractivity contribution < 1.29 is 67.4 Å². The average Bonchev–Trinajstić information content (AvgIpc) is 3.25. The third kappa shape index (κ3) is 8.89. The molecule has 3 saturated carbocycles. The second-order valence-corrected chi connectivity index (χ2v) is 20.0. The Kier molecular flexibility index (Phi) is 14.4. The number of alkyl carbamates (subject to hydrolysis) is 1. The first kappa shape index (κ1) is 50.3. The van der Waals surface area contributed by atoms with E-state index in [1.165, 1.54) is 28.0 Å². The monoisotopic (exact) mass is 918 g/mol. The molecule has 2 bridgehead atoms. The number of aliphatic hydroxyl groups is 2. The van der Waals surface area contributed by atoms with Crippen LogP contribution in [-0.4, -0.2) is 114 Å². The van der Waals surface area contributed by atoms with Crippen molar-refractivity contribution in [1.82, 2.24) is 10.6 Å². The number of aliphatic hydroxyl groups excluding tert-OH is 1. The summed E-state index contributed by atoms with van der Waals surface area (Å²) in [5.41, 5.74) is -6.75. The van der Waals surface area contributed by atoms with Crippen LogP contribution in [0.25, 0.3) is 0 Å². The molecule has 4 aliphatic rings. The minimum absolute atomic E-state index is 0.142. The molecule has 0 spiro atoms. The molecule has 1 unspecified atom stereocenters. The number of carbonyl (C=O) groups excluding carboxylic acids is 6. The Bertz CT molecular complexity index is 2210. The first-order valence-electron chi connectivity index (χ1n) is 22.6. The van der Waals surface area contributed by atoms with Gasteiger partial charge in [-0.15, -0.1) is 0 Å². The van der Waals surface area contributed by atoms with E-state index in [1.807, 2.05) is 0 Å². The number of amides is 1. The minimum Gasteiger partial charge on any atom is -0.458 e. The molecule has 16 heteroatoms. The number of rotatable bonds is 13. The molecule has 16 nitrogen and oxygen atoms in total. The van der Waals surface area contributed by atoms with Crippen LogP contribution in [0.2, 0.25) is 0 Å². The fraction of sp³-hybridized carbons (Fsp3) is 0.600. The molecule has 2 aromatic carbocycles. The van der Waals surface area contributed by atoms with Gasteiger partial charge < -0.3 is 49.3 Å². The summed E-state index contributed by atoms with van der Waals surface area (Å²) >= 11 is 0. The lowest BCUT2D eigenvalue weighted by atomic mass is 9.40. The Labute approximate surface area is 386 Å². The molecule has 4 N–H and O–H groups in total. The van der Waals surface area contributed by atoms with Crippen LogP contribution in [0.4, 0.5) is 4.79 Å². The summed E-state index contributed by atoms with van der Waals surface area (Å²) < 4.78 is 36.9. The van der Waals surface area contributed by atoms with E-state index in [1.54, 1.807) is 109 Å². The van der Waals surface area contributed by atoms with E-state index in [4.69, 9.17) is 28.4 Å². The van der Waals surface area contributed by atoms with Gasteiger partial charge in [0.15, 0.2) is 5.78 Å². The molecule has 6 rings (SSSR count). The highest BCUT2D eigenvalue weighted by Crippen LogP contribution is 2.68. The molecule has 0 aliphatic heterocycles. The van der Waals surface area contributed by atoms with Crippen LogP contribution in [0, 0.1) is 28.6 Å². The standard InChI is InChI=1S/C50H66N2O14/c1-27-34(62-44(58)38(63-42(56)28(2)51-10)37(30-18-14-12-15-19-30)52-45(59)66-46(4,5)6)25-50(60)41(64-43(57)31-20-16-13-17-21-31)39-48(9,40(55)33(26-53)36(27)47(50,7)8)35(61-11)24-32-22-23-49(32,39)65-29(3)54/h12-21,28,32-35,37-39,41,51,53,60H,22-26H2,1-11H3,(H,52,59)/t28?,32-,33-,34+,35+,37+,38-,39+,41+,48-,49+,50-/m1/s1. The molecule has 0 radical (unpaired) electrons. The Hall–Kier alpha value is -5.16. The number of ether oxygens (including phenoxy) is 6. The van der Waals surface area contributed by atoms with E-state index in [-0.39, 0.29) is 23.5 Å². The first-order chi connectivity index (χ1) is 30.9. The number of fused-ring (bicyclic) bond motifs is 5. The van der Waals surface area contributed by atoms with E-state index >= 15 is 9.59 Å². The topological polar surface area (TPSA) is 222 Å². The summed E-state index contributed by atoms with van der Waals surface area (Å²) in [5, 5.41) is 30.8. The second kappa shape index (κ2) is 18.8. The number of hydrogen-bond acceptors (Lipinski definition) is 15. The van der Waals surface area contributed by atoms with Crippen molar-refractivity contribution in [2.45, 2.75) is 141 Å². The fourth-order valence-corrected chi connectivity index (χ4v) is 11.3. The Morgan fingerprint density at radius 2 is 1.56 bits per heavy atom. The lowest BCUT2D eigenvalue weighted by molar-refractivity contribution is -0.297. The van der Waals surface area contributed by atoms with E-state index in [0.29, 0.717) is 24.0 Å². The summed E-state index contributed by atoms with van der Waals surface area (Å²) in [4.78, 5) is 85.5. The third-order valence-electron chi connectivity index (χ3n) is 14.7. The van der Waals surface area contributed by atoms with Gasteiger partial charge in [-0.1, -0.05) is 62.4 Å². The average molecular weight is 919 g/mol. The van der Waals surface area contributed by atoms with Crippen LogP contribution in [-0.2, 0) is 47.6 Å². The molecular weight excluding hydrogens is 853 g/mol. The van der Waals surface area contributed by atoms with Crippen LogP contribution < -0.4 is 10.6 Å². The smallest absolute Gasteiger partial charge is 0.408 e. The van der Waals surface area contributed by atoms with Gasteiger partial charge in [0.25, 0.3) is 0 Å². The van der Waals surface area contributed by atoms with Crippen molar-refractivity contribution in [1.29, 1.82) is 0 Å². The largest absolute Gasteiger partial charge is 0.458 e. The number of benzene rings is 2. The highest BCUT2D eigenvalue weighted by atomic mass is 16.6. The van der Waals surface area contributed by atoms with Gasteiger partial charge in [0.2, 0.25) is 6.10 Å². The van der Waals surface area contributed by atoms with E-state index < -0.39 is 125 Å². The van der Waals surface area contributed by atoms with Gasteiger partial charge in [-0.3, -0.25) is 14.4 Å². The highest BCUT2D eigenvalue weighted by Gasteiger charge is 2.77. The first-order valence-corrected chi connectivity index (χ1v) is 22.6. The van der Waals surface area contributed by atoms with Crippen LogP contribution in [0.3, 0.4) is 0 Å². The predicted molar refractivity (Wildman–Crippen MR) is 238 cm³/mol. The maximum atomic E-state index is 15.7. The molecule has 0 heterocycles. The fourth-order valence-electron chi connectivity index (χ4n) is 11.3. The molecule has 66 heavy (non-hydrogen) atoms. The summed E-state index contributed by atoms with van der Waals surface area (Å²) in [6.07, 6.45) is -5.98. The van der Waals surface area contributed by atoms with Gasteiger partial charge in [0.05, 0.1) is 35.5 Å². The van der Waals surface area contributed by atoms with Crippen molar-refractivity contribution >= 4 is 35.8 Å². The van der Waals surface area contributed by atoms with Crippen LogP contribution >= 0.6 is 0 Å². The van der Waals surface area contributed by atoms with Gasteiger partial charge in [-0.2, -0.15) is 0 Å². The predicted octanol–water partition coefficient (Wildman–Crippen LogP) is 5.33. The van der Waals surface area contributed by atoms with E-state index in [9.17, 15) is 29.4 Å². The van der Waals surface area contributed by atoms with E-state index in [2.05, 4.69) is 10.6 Å². The number of hydrogen-bond donors (Lipinski definition) is 4. The minimum atomic E-state index is -2.25. The number of Topliss-reactive ketones (excluding diaryl/α,β-unsaturated/α-hetero) is 1. The number of nitrogens with one attached hydrogen (secondary N) is 2. The summed E-state index contributed by atoms with van der Waals surface area (Å²) in [6.45, 7) is 13.7. The van der Waals surface area contributed by atoms with Crippen molar-refractivity contribution in [2.75, 3.05) is 20.8 Å². The van der Waals surface area contributed by atoms with Gasteiger partial charge in [0.1, 0.15) is 41.1 Å². The highest BCUT2D eigenvalue weighted by molar-refractivity contribution is 5.93. The number of likely N-dealkylation sites (N-methyl/N-ethyl adjacent to an activating group) is 1. The molecule has 360 valence electrons.